The van der Waals surface area contributed by atoms with Crippen LogP contribution in [0.1, 0.15) is 48.4 Å². The third kappa shape index (κ3) is 5.83. The van der Waals surface area contributed by atoms with Crippen molar-refractivity contribution in [3.8, 4) is 34.1 Å². The van der Waals surface area contributed by atoms with Crippen molar-refractivity contribution in [2.75, 3.05) is 46.7 Å². The zero-order valence-corrected chi connectivity index (χ0v) is 22.9. The maximum Gasteiger partial charge on any atom is 0.166 e. The van der Waals surface area contributed by atoms with Crippen LogP contribution in [0.2, 0.25) is 0 Å². The van der Waals surface area contributed by atoms with Gasteiger partial charge in [0.1, 0.15) is 12.4 Å². The molecule has 0 bridgehead atoms. The fourth-order valence-corrected chi connectivity index (χ4v) is 5.36. The standard InChI is InChI=1S/C31H39FN2O4/c1-5-14-34(2)15-16-38-27-13-10-20(18-25(27)32)17-24-30(33)23(19-28(36-3)31(24)37-4)29-22-9-7-6-8-21(22)11-12-26(29)35/h10-13,18-19,35H,5-9,14-17,33H2,1-4H3. The Bertz CT molecular complexity index is 1280. The second-order valence-electron chi connectivity index (χ2n) is 9.95. The Labute approximate surface area is 225 Å². The van der Waals surface area contributed by atoms with Crippen molar-refractivity contribution in [2.45, 2.75) is 45.4 Å². The number of hydrogen-bond donors (Lipinski definition) is 2. The molecule has 0 radical (unpaired) electrons. The van der Waals surface area contributed by atoms with Crippen LogP contribution in [0, 0.1) is 5.82 Å². The fourth-order valence-electron chi connectivity index (χ4n) is 5.36. The van der Waals surface area contributed by atoms with E-state index in [0.717, 1.165) is 61.9 Å². The molecule has 38 heavy (non-hydrogen) atoms. The predicted octanol–water partition coefficient (Wildman–Crippen LogP) is 5.99. The molecule has 0 amide bonds. The van der Waals surface area contributed by atoms with Gasteiger partial charge in [0.15, 0.2) is 23.1 Å². The normalized spacial score (nSPS) is 12.9. The van der Waals surface area contributed by atoms with Crippen molar-refractivity contribution in [1.29, 1.82) is 0 Å². The summed E-state index contributed by atoms with van der Waals surface area (Å²) in [4.78, 5) is 2.16. The van der Waals surface area contributed by atoms with E-state index in [1.165, 1.54) is 11.6 Å². The molecule has 0 aromatic heterocycles. The summed E-state index contributed by atoms with van der Waals surface area (Å²) < 4.78 is 32.1. The lowest BCUT2D eigenvalue weighted by atomic mass is 9.84. The number of benzene rings is 3. The molecule has 4 rings (SSSR count). The summed E-state index contributed by atoms with van der Waals surface area (Å²) in [6.07, 6.45) is 5.43. The zero-order valence-electron chi connectivity index (χ0n) is 22.9. The largest absolute Gasteiger partial charge is 0.507 e. The van der Waals surface area contributed by atoms with E-state index in [4.69, 9.17) is 19.9 Å². The second-order valence-corrected chi connectivity index (χ2v) is 9.95. The van der Waals surface area contributed by atoms with Crippen molar-refractivity contribution >= 4 is 5.69 Å². The van der Waals surface area contributed by atoms with E-state index in [1.54, 1.807) is 26.4 Å². The fraction of sp³-hybridized carbons (Fsp3) is 0.419. The molecule has 3 N–H and O–H groups in total. The Kier molecular flexibility index (Phi) is 9.00. The summed E-state index contributed by atoms with van der Waals surface area (Å²) >= 11 is 0. The summed E-state index contributed by atoms with van der Waals surface area (Å²) in [7, 11) is 5.17. The number of phenols is 1. The Morgan fingerprint density at radius 3 is 2.50 bits per heavy atom. The van der Waals surface area contributed by atoms with E-state index in [1.807, 2.05) is 25.2 Å². The third-order valence-electron chi connectivity index (χ3n) is 7.31. The number of aromatic hydroxyl groups is 1. The molecule has 0 spiro atoms. The number of halogens is 1. The molecule has 3 aromatic carbocycles. The van der Waals surface area contributed by atoms with Gasteiger partial charge >= 0.3 is 0 Å². The Hall–Kier alpha value is -3.45. The van der Waals surface area contributed by atoms with Gasteiger partial charge in [-0.3, -0.25) is 0 Å². The summed E-state index contributed by atoms with van der Waals surface area (Å²) in [5, 5.41) is 10.9. The molecule has 0 aliphatic heterocycles. The van der Waals surface area contributed by atoms with Gasteiger partial charge < -0.3 is 30.0 Å². The number of nitrogens with two attached hydrogens (primary N) is 1. The van der Waals surface area contributed by atoms with Gasteiger partial charge in [-0.15, -0.1) is 0 Å². The number of fused-ring (bicyclic) bond motifs is 1. The third-order valence-corrected chi connectivity index (χ3v) is 7.31. The topological polar surface area (TPSA) is 77.2 Å². The van der Waals surface area contributed by atoms with Crippen LogP contribution in [-0.4, -0.2) is 51.0 Å². The van der Waals surface area contributed by atoms with Crippen molar-refractivity contribution in [3.05, 3.63) is 64.5 Å². The van der Waals surface area contributed by atoms with Gasteiger partial charge in [0.25, 0.3) is 0 Å². The highest BCUT2D eigenvalue weighted by molar-refractivity contribution is 5.88. The maximum atomic E-state index is 15.0. The van der Waals surface area contributed by atoms with Crippen molar-refractivity contribution in [1.82, 2.24) is 4.90 Å². The summed E-state index contributed by atoms with van der Waals surface area (Å²) in [6.45, 7) is 4.24. The van der Waals surface area contributed by atoms with E-state index >= 15 is 0 Å². The number of ether oxygens (including phenoxy) is 3. The molecule has 7 heteroatoms. The van der Waals surface area contributed by atoms with Gasteiger partial charge in [0.05, 0.1) is 14.2 Å². The van der Waals surface area contributed by atoms with Crippen LogP contribution in [0.3, 0.4) is 0 Å². The number of hydrogen-bond acceptors (Lipinski definition) is 6. The summed E-state index contributed by atoms with van der Waals surface area (Å²) in [5.41, 5.74) is 12.5. The predicted molar refractivity (Wildman–Crippen MR) is 150 cm³/mol. The molecule has 6 nitrogen and oxygen atoms in total. The van der Waals surface area contributed by atoms with Crippen molar-refractivity contribution < 1.29 is 23.7 Å². The lowest BCUT2D eigenvalue weighted by Crippen LogP contribution is -2.25. The van der Waals surface area contributed by atoms with Gasteiger partial charge in [-0.25, -0.2) is 4.39 Å². The lowest BCUT2D eigenvalue weighted by molar-refractivity contribution is 0.231. The first-order valence-electron chi connectivity index (χ1n) is 13.3. The van der Waals surface area contributed by atoms with E-state index < -0.39 is 5.82 Å². The highest BCUT2D eigenvalue weighted by Gasteiger charge is 2.25. The maximum absolute atomic E-state index is 15.0. The molecule has 0 saturated heterocycles. The number of likely N-dealkylation sites (N-methyl/N-ethyl adjacent to an activating group) is 1. The first-order valence-corrected chi connectivity index (χ1v) is 13.3. The molecule has 0 atom stereocenters. The van der Waals surface area contributed by atoms with Crippen molar-refractivity contribution in [2.24, 2.45) is 0 Å². The zero-order chi connectivity index (χ0) is 27.2. The summed E-state index contributed by atoms with van der Waals surface area (Å²) in [5.74, 6) is 1.00. The number of rotatable bonds is 11. The van der Waals surface area contributed by atoms with Crippen LogP contribution in [0.25, 0.3) is 11.1 Å². The first-order chi connectivity index (χ1) is 18.4. The van der Waals surface area contributed by atoms with Crippen LogP contribution in [0.4, 0.5) is 10.1 Å². The van der Waals surface area contributed by atoms with Gasteiger partial charge in [0.2, 0.25) is 0 Å². The van der Waals surface area contributed by atoms with Crippen LogP contribution in [0.15, 0.2) is 36.4 Å². The number of nitrogens with zero attached hydrogens (tertiary/aromatic N) is 1. The Balaban J connectivity index is 1.68. The molecule has 3 aromatic rings. The van der Waals surface area contributed by atoms with E-state index in [2.05, 4.69) is 11.8 Å². The molecular weight excluding hydrogens is 483 g/mol. The minimum absolute atomic E-state index is 0.188. The first kappa shape index (κ1) is 27.6. The molecule has 1 aliphatic carbocycles. The van der Waals surface area contributed by atoms with Gasteiger partial charge in [-0.2, -0.15) is 0 Å². The molecule has 0 unspecified atom stereocenters. The molecule has 204 valence electrons. The number of methoxy groups -OCH3 is 2. The summed E-state index contributed by atoms with van der Waals surface area (Å²) in [6, 6.07) is 10.5. The number of aryl methyl sites for hydroxylation is 1. The molecular formula is C31H39FN2O4. The lowest BCUT2D eigenvalue weighted by Gasteiger charge is -2.24. The van der Waals surface area contributed by atoms with E-state index in [0.29, 0.717) is 41.3 Å². The van der Waals surface area contributed by atoms with Gasteiger partial charge in [-0.1, -0.05) is 19.1 Å². The van der Waals surface area contributed by atoms with Crippen LogP contribution in [-0.2, 0) is 19.3 Å². The monoisotopic (exact) mass is 522 g/mol. The second kappa shape index (κ2) is 12.4. The Morgan fingerprint density at radius 1 is 1.00 bits per heavy atom. The van der Waals surface area contributed by atoms with E-state index in [-0.39, 0.29) is 11.5 Å². The van der Waals surface area contributed by atoms with Gasteiger partial charge in [0, 0.05) is 35.3 Å². The minimum Gasteiger partial charge on any atom is -0.507 e. The minimum atomic E-state index is -0.420. The highest BCUT2D eigenvalue weighted by atomic mass is 19.1. The Morgan fingerprint density at radius 2 is 1.79 bits per heavy atom. The van der Waals surface area contributed by atoms with Gasteiger partial charge in [-0.05, 0) is 86.7 Å². The number of nitrogen functional groups attached to an aromatic ring is 1. The molecule has 0 saturated carbocycles. The number of phenolic OH excluding ortho intramolecular Hbond substituents is 1. The molecule has 0 heterocycles. The average Bonchev–Trinajstić information content (AvgIpc) is 2.91. The molecule has 0 fully saturated rings. The van der Waals surface area contributed by atoms with Crippen molar-refractivity contribution in [3.63, 3.8) is 0 Å². The van der Waals surface area contributed by atoms with Crippen LogP contribution >= 0.6 is 0 Å². The smallest absolute Gasteiger partial charge is 0.166 e. The quantitative estimate of drug-likeness (QED) is 0.301. The van der Waals surface area contributed by atoms with Crippen LogP contribution < -0.4 is 19.9 Å². The number of anilines is 1. The average molecular weight is 523 g/mol. The van der Waals surface area contributed by atoms with Crippen LogP contribution in [0.5, 0.6) is 23.0 Å². The molecule has 1 aliphatic rings. The SMILES string of the molecule is CCCN(C)CCOc1ccc(Cc2c(N)c(-c3c(O)ccc4c3CCCC4)cc(OC)c2OC)cc1F. The van der Waals surface area contributed by atoms with E-state index in [9.17, 15) is 9.50 Å². The highest BCUT2D eigenvalue weighted by Crippen LogP contribution is 2.47.